The Morgan fingerprint density at radius 3 is 2.60 bits per heavy atom. The Kier molecular flexibility index (Phi) is 4.39. The maximum Gasteiger partial charge on any atom is 0.335 e. The third-order valence-corrected chi connectivity index (χ3v) is 5.36. The van der Waals surface area contributed by atoms with Crippen molar-refractivity contribution in [1.82, 2.24) is 9.97 Å². The molecule has 0 bridgehead atoms. The van der Waals surface area contributed by atoms with Gasteiger partial charge < -0.3 is 10.0 Å². The summed E-state index contributed by atoms with van der Waals surface area (Å²) in [5.41, 5.74) is 4.76. The Morgan fingerprint density at radius 2 is 1.80 bits per heavy atom. The van der Waals surface area contributed by atoms with Crippen molar-refractivity contribution >= 4 is 28.5 Å². The first-order valence-corrected chi connectivity index (χ1v) is 9.76. The Bertz CT molecular complexity index is 1270. The number of anilines is 2. The molecule has 3 aromatic carbocycles. The van der Waals surface area contributed by atoms with E-state index in [9.17, 15) is 14.3 Å². The molecule has 0 atom stereocenters. The van der Waals surface area contributed by atoms with E-state index < -0.39 is 5.97 Å². The largest absolute Gasteiger partial charge is 0.478 e. The van der Waals surface area contributed by atoms with Gasteiger partial charge in [0.15, 0.2) is 5.82 Å². The number of aryl methyl sites for hydroxylation is 1. The number of carboxylic acids is 1. The zero-order valence-electron chi connectivity index (χ0n) is 16.0. The number of hydrogen-bond donors (Lipinski definition) is 1. The molecule has 30 heavy (non-hydrogen) atoms. The lowest BCUT2D eigenvalue weighted by atomic mass is 10.0. The summed E-state index contributed by atoms with van der Waals surface area (Å²) in [5, 5.41) is 9.36. The number of hydrogen-bond acceptors (Lipinski definition) is 4. The number of fused-ring (bicyclic) bond motifs is 2. The van der Waals surface area contributed by atoms with Crippen molar-refractivity contribution < 1.29 is 14.3 Å². The molecule has 4 aromatic rings. The predicted molar refractivity (Wildman–Crippen MR) is 114 cm³/mol. The summed E-state index contributed by atoms with van der Waals surface area (Å²) in [5.74, 6) is -0.621. The van der Waals surface area contributed by atoms with E-state index in [2.05, 4.69) is 4.90 Å². The quantitative estimate of drug-likeness (QED) is 0.512. The van der Waals surface area contributed by atoms with Crippen LogP contribution in [0, 0.1) is 5.82 Å². The molecule has 0 fully saturated rings. The van der Waals surface area contributed by atoms with Crippen LogP contribution in [0.25, 0.3) is 22.3 Å². The summed E-state index contributed by atoms with van der Waals surface area (Å²) in [6, 6.07) is 19.3. The molecule has 1 N–H and O–H groups in total. The molecule has 0 amide bonds. The topological polar surface area (TPSA) is 66.3 Å². The third kappa shape index (κ3) is 3.16. The van der Waals surface area contributed by atoms with Crippen molar-refractivity contribution in [3.8, 4) is 11.3 Å². The van der Waals surface area contributed by atoms with Crippen molar-refractivity contribution in [3.05, 3.63) is 83.7 Å². The zero-order valence-corrected chi connectivity index (χ0v) is 16.0. The van der Waals surface area contributed by atoms with Crippen LogP contribution in [0.15, 0.2) is 66.7 Å². The minimum absolute atomic E-state index is 0.163. The van der Waals surface area contributed by atoms with Gasteiger partial charge in [-0.05, 0) is 54.8 Å². The summed E-state index contributed by atoms with van der Waals surface area (Å²) in [6.45, 7) is 0.720. The molecule has 6 heteroatoms. The van der Waals surface area contributed by atoms with E-state index in [0.717, 1.165) is 36.2 Å². The summed E-state index contributed by atoms with van der Waals surface area (Å²) < 4.78 is 13.8. The highest BCUT2D eigenvalue weighted by molar-refractivity contribution is 5.94. The van der Waals surface area contributed by atoms with E-state index in [1.54, 1.807) is 24.3 Å². The molecule has 0 radical (unpaired) electrons. The van der Waals surface area contributed by atoms with Gasteiger partial charge in [0, 0.05) is 17.8 Å². The number of nitrogens with zero attached hydrogens (tertiary/aromatic N) is 3. The van der Waals surface area contributed by atoms with Crippen LogP contribution in [-0.2, 0) is 6.42 Å². The van der Waals surface area contributed by atoms with E-state index >= 15 is 0 Å². The first-order valence-electron chi connectivity index (χ1n) is 9.76. The van der Waals surface area contributed by atoms with E-state index in [1.807, 2.05) is 30.3 Å². The lowest BCUT2D eigenvalue weighted by Gasteiger charge is -2.31. The third-order valence-electron chi connectivity index (χ3n) is 5.36. The Labute approximate surface area is 172 Å². The second kappa shape index (κ2) is 7.22. The maximum atomic E-state index is 13.8. The molecule has 0 saturated carbocycles. The lowest BCUT2D eigenvalue weighted by Crippen LogP contribution is -2.26. The minimum atomic E-state index is -1.01. The molecule has 1 aliphatic heterocycles. The number of rotatable bonds is 3. The Morgan fingerprint density at radius 1 is 0.967 bits per heavy atom. The zero-order chi connectivity index (χ0) is 20.7. The number of carbonyl (C=O) groups is 1. The predicted octanol–water partition coefficient (Wildman–Crippen LogP) is 5.22. The fourth-order valence-electron chi connectivity index (χ4n) is 3.94. The molecule has 2 heterocycles. The Balaban J connectivity index is 1.76. The minimum Gasteiger partial charge on any atom is -0.478 e. The van der Waals surface area contributed by atoms with Gasteiger partial charge in [-0.25, -0.2) is 19.2 Å². The van der Waals surface area contributed by atoms with E-state index in [-0.39, 0.29) is 11.4 Å². The summed E-state index contributed by atoms with van der Waals surface area (Å²) in [7, 11) is 0. The van der Waals surface area contributed by atoms with Crippen LogP contribution < -0.4 is 4.90 Å². The molecule has 148 valence electrons. The van der Waals surface area contributed by atoms with Crippen molar-refractivity contribution in [2.24, 2.45) is 0 Å². The van der Waals surface area contributed by atoms with Crippen LogP contribution in [0.1, 0.15) is 22.3 Å². The highest BCUT2D eigenvalue weighted by Gasteiger charge is 2.24. The van der Waals surface area contributed by atoms with E-state index in [1.165, 1.54) is 12.1 Å². The van der Waals surface area contributed by atoms with Gasteiger partial charge in [-0.3, -0.25) is 0 Å². The van der Waals surface area contributed by atoms with Crippen molar-refractivity contribution in [3.63, 3.8) is 0 Å². The molecule has 0 aliphatic carbocycles. The first-order chi connectivity index (χ1) is 14.6. The van der Waals surface area contributed by atoms with Gasteiger partial charge in [-0.2, -0.15) is 0 Å². The molecular formula is C24H18FN3O2. The number of carboxylic acid groups (broad SMARTS) is 1. The van der Waals surface area contributed by atoms with Gasteiger partial charge in [0.05, 0.1) is 16.6 Å². The number of aromatic carboxylic acids is 1. The molecule has 0 unspecified atom stereocenters. The van der Waals surface area contributed by atoms with Gasteiger partial charge in [0.1, 0.15) is 11.5 Å². The van der Waals surface area contributed by atoms with Gasteiger partial charge in [0.2, 0.25) is 0 Å². The standard InChI is InChI=1S/C24H18FN3O2/c25-18-9-11-21-16(13-18)7-4-12-28(21)23-22(15-5-2-1-3-6-15)26-19-10-8-17(24(29)30)14-20(19)27-23/h1-3,5-6,8-11,13-14H,4,7,12H2,(H,29,30). The first kappa shape index (κ1) is 18.2. The van der Waals surface area contributed by atoms with Crippen LogP contribution in [0.2, 0.25) is 0 Å². The summed E-state index contributed by atoms with van der Waals surface area (Å²) in [4.78, 5) is 23.2. The molecule has 0 spiro atoms. The van der Waals surface area contributed by atoms with Crippen LogP contribution in [0.5, 0.6) is 0 Å². The van der Waals surface area contributed by atoms with Crippen molar-refractivity contribution in [2.45, 2.75) is 12.8 Å². The molecule has 1 aliphatic rings. The summed E-state index contributed by atoms with van der Waals surface area (Å²) in [6.07, 6.45) is 1.66. The second-order valence-electron chi connectivity index (χ2n) is 7.30. The highest BCUT2D eigenvalue weighted by atomic mass is 19.1. The highest BCUT2D eigenvalue weighted by Crippen LogP contribution is 2.38. The van der Waals surface area contributed by atoms with E-state index in [0.29, 0.717) is 22.5 Å². The van der Waals surface area contributed by atoms with Crippen LogP contribution >= 0.6 is 0 Å². The fourth-order valence-corrected chi connectivity index (χ4v) is 3.94. The van der Waals surface area contributed by atoms with Crippen LogP contribution in [-0.4, -0.2) is 27.6 Å². The average Bonchev–Trinajstić information content (AvgIpc) is 2.77. The number of aromatic nitrogens is 2. The summed E-state index contributed by atoms with van der Waals surface area (Å²) >= 11 is 0. The van der Waals surface area contributed by atoms with Crippen LogP contribution in [0.3, 0.4) is 0 Å². The molecule has 1 aromatic heterocycles. The molecule has 5 rings (SSSR count). The smallest absolute Gasteiger partial charge is 0.335 e. The Hall–Kier alpha value is -3.80. The van der Waals surface area contributed by atoms with E-state index in [4.69, 9.17) is 9.97 Å². The maximum absolute atomic E-state index is 13.8. The second-order valence-corrected chi connectivity index (χ2v) is 7.30. The molecular weight excluding hydrogens is 381 g/mol. The number of benzene rings is 3. The monoisotopic (exact) mass is 399 g/mol. The lowest BCUT2D eigenvalue weighted by molar-refractivity contribution is 0.0697. The SMILES string of the molecule is O=C(O)c1ccc2nc(-c3ccccc3)c(N3CCCc4cc(F)ccc43)nc2c1. The average molecular weight is 399 g/mol. The van der Waals surface area contributed by atoms with Crippen molar-refractivity contribution in [1.29, 1.82) is 0 Å². The van der Waals surface area contributed by atoms with Gasteiger partial charge in [0.25, 0.3) is 0 Å². The molecule has 0 saturated heterocycles. The molecule has 5 nitrogen and oxygen atoms in total. The van der Waals surface area contributed by atoms with Gasteiger partial charge in [-0.1, -0.05) is 30.3 Å². The number of halogens is 1. The van der Waals surface area contributed by atoms with Gasteiger partial charge in [-0.15, -0.1) is 0 Å². The van der Waals surface area contributed by atoms with Crippen molar-refractivity contribution in [2.75, 3.05) is 11.4 Å². The van der Waals surface area contributed by atoms with Gasteiger partial charge >= 0.3 is 5.97 Å². The fraction of sp³-hybridized carbons (Fsp3) is 0.125. The normalized spacial score (nSPS) is 13.3. The van der Waals surface area contributed by atoms with Crippen LogP contribution in [0.4, 0.5) is 15.9 Å².